The maximum absolute atomic E-state index is 9.12. The van der Waals surface area contributed by atoms with Gasteiger partial charge in [-0.15, -0.1) is 11.3 Å². The zero-order valence-electron chi connectivity index (χ0n) is 10.6. The molecule has 0 fully saturated rings. The van der Waals surface area contributed by atoms with Crippen LogP contribution in [0.15, 0.2) is 18.3 Å². The molecule has 2 aromatic heterocycles. The van der Waals surface area contributed by atoms with Crippen LogP contribution in [0.5, 0.6) is 0 Å². The fraction of sp³-hybridized carbons (Fsp3) is 0.214. The van der Waals surface area contributed by atoms with E-state index in [4.69, 9.17) is 16.3 Å². The van der Waals surface area contributed by atoms with Gasteiger partial charge in [0, 0.05) is 17.6 Å². The molecular formula is C14H11N5S. The molecule has 1 aliphatic heterocycles. The lowest BCUT2D eigenvalue weighted by Gasteiger charge is -2.27. The number of thiophene rings is 1. The summed E-state index contributed by atoms with van der Waals surface area (Å²) in [7, 11) is 0. The van der Waals surface area contributed by atoms with Crippen molar-refractivity contribution in [3.05, 3.63) is 39.9 Å². The number of fused-ring (bicyclic) bond motifs is 1. The first-order chi connectivity index (χ1) is 9.72. The van der Waals surface area contributed by atoms with E-state index in [0.717, 1.165) is 29.2 Å². The van der Waals surface area contributed by atoms with Crippen LogP contribution in [0.4, 0.5) is 10.8 Å². The lowest BCUT2D eigenvalue weighted by Crippen LogP contribution is -2.30. The number of nitrogens with zero attached hydrogens (tertiary/aromatic N) is 4. The Morgan fingerprint density at radius 2 is 2.15 bits per heavy atom. The number of aromatic nitrogens is 1. The number of nitriles is 2. The van der Waals surface area contributed by atoms with Gasteiger partial charge in [0.1, 0.15) is 23.0 Å². The van der Waals surface area contributed by atoms with Crippen LogP contribution in [0, 0.1) is 22.7 Å². The minimum atomic E-state index is 0.554. The van der Waals surface area contributed by atoms with Gasteiger partial charge in [-0.3, -0.25) is 0 Å². The van der Waals surface area contributed by atoms with Gasteiger partial charge >= 0.3 is 0 Å². The fourth-order valence-corrected chi connectivity index (χ4v) is 3.47. The molecule has 0 radical (unpaired) electrons. The molecule has 6 heteroatoms. The van der Waals surface area contributed by atoms with Gasteiger partial charge in [0.25, 0.3) is 0 Å². The smallest absolute Gasteiger partial charge is 0.128 e. The zero-order chi connectivity index (χ0) is 14.1. The van der Waals surface area contributed by atoms with E-state index in [2.05, 4.69) is 22.0 Å². The molecular weight excluding hydrogens is 270 g/mol. The lowest BCUT2D eigenvalue weighted by atomic mass is 10.0. The number of hydrogen-bond donors (Lipinski definition) is 1. The van der Waals surface area contributed by atoms with E-state index in [1.165, 1.54) is 11.3 Å². The number of nitrogen functional groups attached to an aromatic ring is 1. The van der Waals surface area contributed by atoms with Crippen LogP contribution in [0.25, 0.3) is 0 Å². The Morgan fingerprint density at radius 3 is 2.80 bits per heavy atom. The molecule has 0 saturated carbocycles. The van der Waals surface area contributed by atoms with Gasteiger partial charge in [0.2, 0.25) is 0 Å². The third kappa shape index (κ3) is 1.97. The number of rotatable bonds is 1. The second-order valence-electron chi connectivity index (χ2n) is 4.54. The van der Waals surface area contributed by atoms with Gasteiger partial charge in [0.15, 0.2) is 0 Å². The van der Waals surface area contributed by atoms with Crippen LogP contribution in [0.1, 0.15) is 21.6 Å². The molecule has 0 bridgehead atoms. The van der Waals surface area contributed by atoms with Crippen molar-refractivity contribution in [2.75, 3.05) is 17.2 Å². The van der Waals surface area contributed by atoms with Gasteiger partial charge in [-0.25, -0.2) is 4.98 Å². The Labute approximate surface area is 120 Å². The van der Waals surface area contributed by atoms with Gasteiger partial charge in [-0.1, -0.05) is 0 Å². The van der Waals surface area contributed by atoms with Gasteiger partial charge in [0.05, 0.1) is 17.7 Å². The number of anilines is 2. The molecule has 3 rings (SSSR count). The van der Waals surface area contributed by atoms with E-state index < -0.39 is 0 Å². The normalized spacial score (nSPS) is 13.4. The Morgan fingerprint density at radius 1 is 1.30 bits per heavy atom. The summed E-state index contributed by atoms with van der Waals surface area (Å²) < 4.78 is 0. The maximum atomic E-state index is 9.12. The Balaban J connectivity index is 1.89. The average Bonchev–Trinajstić information content (AvgIpc) is 2.81. The first-order valence-corrected chi connectivity index (χ1v) is 6.95. The Bertz CT molecular complexity index is 733. The largest absolute Gasteiger partial charge is 0.389 e. The average molecular weight is 281 g/mol. The molecule has 20 heavy (non-hydrogen) atoms. The van der Waals surface area contributed by atoms with E-state index in [1.807, 2.05) is 6.07 Å². The van der Waals surface area contributed by atoms with E-state index in [0.29, 0.717) is 22.7 Å². The summed E-state index contributed by atoms with van der Waals surface area (Å²) in [5.41, 5.74) is 8.15. The first-order valence-electron chi connectivity index (χ1n) is 6.14. The van der Waals surface area contributed by atoms with Gasteiger partial charge in [-0.2, -0.15) is 10.5 Å². The molecule has 0 aromatic carbocycles. The van der Waals surface area contributed by atoms with Crippen molar-refractivity contribution in [1.82, 2.24) is 4.98 Å². The molecule has 0 atom stereocenters. The van der Waals surface area contributed by atoms with Crippen LogP contribution in [0.3, 0.4) is 0 Å². The first kappa shape index (κ1) is 12.5. The second-order valence-corrected chi connectivity index (χ2v) is 5.68. The third-order valence-electron chi connectivity index (χ3n) is 3.40. The molecule has 1 aliphatic rings. The van der Waals surface area contributed by atoms with Crippen LogP contribution < -0.4 is 10.6 Å². The topological polar surface area (TPSA) is 89.7 Å². The van der Waals surface area contributed by atoms with Gasteiger partial charge < -0.3 is 10.6 Å². The highest BCUT2D eigenvalue weighted by atomic mass is 32.1. The van der Waals surface area contributed by atoms with E-state index in [-0.39, 0.29) is 0 Å². The van der Waals surface area contributed by atoms with Crippen LogP contribution >= 0.6 is 11.3 Å². The van der Waals surface area contributed by atoms with E-state index in [1.54, 1.807) is 12.3 Å². The zero-order valence-corrected chi connectivity index (χ0v) is 11.4. The molecule has 98 valence electrons. The lowest BCUT2D eigenvalue weighted by molar-refractivity contribution is 0.732. The minimum absolute atomic E-state index is 0.554. The van der Waals surface area contributed by atoms with Crippen molar-refractivity contribution in [3.63, 3.8) is 0 Å². The summed E-state index contributed by atoms with van der Waals surface area (Å²) in [5, 5.41) is 18.5. The highest BCUT2D eigenvalue weighted by Crippen LogP contribution is 2.35. The molecule has 0 aliphatic carbocycles. The molecule has 3 heterocycles. The summed E-state index contributed by atoms with van der Waals surface area (Å²) in [5.74, 6) is 0.847. The Hall–Kier alpha value is -2.57. The molecule has 0 amide bonds. The quantitative estimate of drug-likeness (QED) is 0.863. The molecule has 5 nitrogen and oxygen atoms in total. The van der Waals surface area contributed by atoms with Crippen molar-refractivity contribution >= 4 is 22.2 Å². The third-order valence-corrected chi connectivity index (χ3v) is 4.44. The molecule has 2 aromatic rings. The fourth-order valence-electron chi connectivity index (χ4n) is 2.38. The van der Waals surface area contributed by atoms with E-state index >= 15 is 0 Å². The standard InChI is InChI=1S/C14H11N5S/c15-5-9-1-2-13(18-7-9)19-4-3-10-11(6-16)14(17)20-12(10)8-19/h1-2,7H,3-4,8,17H2. The number of pyridine rings is 1. The van der Waals surface area contributed by atoms with Crippen molar-refractivity contribution in [2.24, 2.45) is 0 Å². The molecule has 0 spiro atoms. The van der Waals surface area contributed by atoms with Crippen molar-refractivity contribution in [1.29, 1.82) is 10.5 Å². The minimum Gasteiger partial charge on any atom is -0.389 e. The highest BCUT2D eigenvalue weighted by molar-refractivity contribution is 7.16. The molecule has 0 unspecified atom stereocenters. The summed E-state index contributed by atoms with van der Waals surface area (Å²) in [6.45, 7) is 1.52. The highest BCUT2D eigenvalue weighted by Gasteiger charge is 2.24. The second kappa shape index (κ2) is 4.84. The Kier molecular flexibility index (Phi) is 3.02. The van der Waals surface area contributed by atoms with Crippen LogP contribution in [-0.4, -0.2) is 11.5 Å². The summed E-state index contributed by atoms with van der Waals surface area (Å²) in [6.07, 6.45) is 2.38. The van der Waals surface area contributed by atoms with Crippen molar-refractivity contribution in [2.45, 2.75) is 13.0 Å². The predicted molar refractivity (Wildman–Crippen MR) is 77.2 cm³/mol. The van der Waals surface area contributed by atoms with Gasteiger partial charge in [-0.05, 0) is 24.1 Å². The molecule has 2 N–H and O–H groups in total. The summed E-state index contributed by atoms with van der Waals surface area (Å²) >= 11 is 1.48. The van der Waals surface area contributed by atoms with Crippen LogP contribution in [-0.2, 0) is 13.0 Å². The SMILES string of the molecule is N#Cc1ccc(N2CCc3c(sc(N)c3C#N)C2)nc1. The monoisotopic (exact) mass is 281 g/mol. The predicted octanol–water partition coefficient (Wildman–Crippen LogP) is 2.03. The van der Waals surface area contributed by atoms with Crippen LogP contribution in [0.2, 0.25) is 0 Å². The van der Waals surface area contributed by atoms with Crippen molar-refractivity contribution in [3.8, 4) is 12.1 Å². The maximum Gasteiger partial charge on any atom is 0.128 e. The van der Waals surface area contributed by atoms with E-state index in [9.17, 15) is 0 Å². The number of hydrogen-bond acceptors (Lipinski definition) is 6. The molecule has 0 saturated heterocycles. The number of nitrogens with two attached hydrogens (primary N) is 1. The van der Waals surface area contributed by atoms with Crippen molar-refractivity contribution < 1.29 is 0 Å². The summed E-state index contributed by atoms with van der Waals surface area (Å²) in [6, 6.07) is 7.87. The summed E-state index contributed by atoms with van der Waals surface area (Å²) in [4.78, 5) is 7.58.